The van der Waals surface area contributed by atoms with E-state index in [-0.39, 0.29) is 21.2 Å². The molecule has 1 aromatic heterocycles. The van der Waals surface area contributed by atoms with Gasteiger partial charge in [-0.15, -0.1) is 0 Å². The predicted molar refractivity (Wildman–Crippen MR) is 152 cm³/mol. The van der Waals surface area contributed by atoms with Crippen LogP contribution in [-0.4, -0.2) is 34.3 Å². The fourth-order valence-corrected chi connectivity index (χ4v) is 6.40. The van der Waals surface area contributed by atoms with Crippen LogP contribution in [0.1, 0.15) is 11.1 Å². The second-order valence-corrected chi connectivity index (χ2v) is 12.9. The summed E-state index contributed by atoms with van der Waals surface area (Å²) in [7, 11) is -8.50. The van der Waals surface area contributed by atoms with Gasteiger partial charge in [0, 0.05) is 11.9 Å². The van der Waals surface area contributed by atoms with Crippen molar-refractivity contribution in [2.24, 2.45) is 0 Å². The van der Waals surface area contributed by atoms with Crippen molar-refractivity contribution < 1.29 is 34.8 Å². The van der Waals surface area contributed by atoms with Crippen LogP contribution in [0.3, 0.4) is 0 Å². The molecule has 15 heteroatoms. The number of benzene rings is 3. The number of alkyl halides is 3. The van der Waals surface area contributed by atoms with E-state index < -0.39 is 54.9 Å². The van der Waals surface area contributed by atoms with Gasteiger partial charge in [-0.05, 0) is 73.7 Å². The van der Waals surface area contributed by atoms with E-state index in [9.17, 15) is 34.8 Å². The molecule has 0 unspecified atom stereocenters. The highest BCUT2D eigenvalue weighted by atomic mass is 35.5. The first-order valence-corrected chi connectivity index (χ1v) is 15.3. The van der Waals surface area contributed by atoms with Crippen molar-refractivity contribution in [3.63, 3.8) is 0 Å². The lowest BCUT2D eigenvalue weighted by molar-refractivity contribution is -0.137. The summed E-state index contributed by atoms with van der Waals surface area (Å²) in [5, 5.41) is 1.80. The first kappa shape index (κ1) is 30.8. The molecule has 42 heavy (non-hydrogen) atoms. The van der Waals surface area contributed by atoms with Crippen LogP contribution in [0.5, 0.6) is 0 Å². The van der Waals surface area contributed by atoms with E-state index in [0.29, 0.717) is 10.4 Å². The van der Waals surface area contributed by atoms with Crippen molar-refractivity contribution in [1.29, 1.82) is 0 Å². The van der Waals surface area contributed by atoms with Crippen LogP contribution in [0.4, 0.5) is 30.2 Å². The Kier molecular flexibility index (Phi) is 8.80. The van der Waals surface area contributed by atoms with Gasteiger partial charge in [0.2, 0.25) is 5.91 Å². The highest BCUT2D eigenvalue weighted by Crippen LogP contribution is 2.38. The van der Waals surface area contributed by atoms with Gasteiger partial charge in [0.05, 0.1) is 37.9 Å². The van der Waals surface area contributed by atoms with Gasteiger partial charge in [0.1, 0.15) is 6.54 Å². The molecule has 0 atom stereocenters. The SMILES string of the molecule is Cc1ccc(S(=O)(=O)N(CC(=O)Nc2ccc(S(=O)(=O)Nc3cccnc3)cc2)c2ccc(Cl)c(C(F)(F)F)c2)cc1. The molecule has 0 saturated carbocycles. The number of pyridine rings is 1. The monoisotopic (exact) mass is 638 g/mol. The number of nitrogens with zero attached hydrogens (tertiary/aromatic N) is 2. The minimum atomic E-state index is -4.89. The summed E-state index contributed by atoms with van der Waals surface area (Å²) in [5.41, 5.74) is -0.626. The lowest BCUT2D eigenvalue weighted by Gasteiger charge is -2.25. The summed E-state index contributed by atoms with van der Waals surface area (Å²) in [4.78, 5) is 16.4. The zero-order valence-corrected chi connectivity index (χ0v) is 24.0. The molecule has 0 fully saturated rings. The van der Waals surface area contributed by atoms with Gasteiger partial charge in [-0.3, -0.25) is 18.8 Å². The summed E-state index contributed by atoms with van der Waals surface area (Å²) >= 11 is 5.72. The Balaban J connectivity index is 1.61. The third kappa shape index (κ3) is 7.19. The highest BCUT2D eigenvalue weighted by Gasteiger charge is 2.35. The fraction of sp³-hybridized carbons (Fsp3) is 0.111. The number of sulfonamides is 2. The average Bonchev–Trinajstić information content (AvgIpc) is 2.92. The number of carbonyl (C=O) groups excluding carboxylic acids is 1. The molecule has 0 aliphatic carbocycles. The van der Waals surface area contributed by atoms with Gasteiger partial charge in [-0.2, -0.15) is 13.2 Å². The van der Waals surface area contributed by atoms with E-state index in [1.807, 2.05) is 0 Å². The summed E-state index contributed by atoms with van der Waals surface area (Å²) in [6.07, 6.45) is -2.09. The maximum Gasteiger partial charge on any atom is 0.417 e. The van der Waals surface area contributed by atoms with Gasteiger partial charge in [0.25, 0.3) is 20.0 Å². The summed E-state index contributed by atoms with van der Waals surface area (Å²) in [5.74, 6) is -0.904. The van der Waals surface area contributed by atoms with Crippen LogP contribution in [0.2, 0.25) is 5.02 Å². The largest absolute Gasteiger partial charge is 0.417 e. The summed E-state index contributed by atoms with van der Waals surface area (Å²) in [6, 6.07) is 16.1. The number of carbonyl (C=O) groups is 1. The van der Waals surface area contributed by atoms with Crippen LogP contribution in [0.15, 0.2) is 101 Å². The molecule has 4 aromatic rings. The molecule has 1 heterocycles. The van der Waals surface area contributed by atoms with Crippen LogP contribution in [0.25, 0.3) is 0 Å². The average molecular weight is 639 g/mol. The Labute approximate surface area is 245 Å². The molecule has 9 nitrogen and oxygen atoms in total. The zero-order valence-electron chi connectivity index (χ0n) is 21.6. The molecule has 0 aliphatic rings. The maximum atomic E-state index is 13.6. The van der Waals surface area contributed by atoms with Crippen molar-refractivity contribution in [1.82, 2.24) is 4.98 Å². The predicted octanol–water partition coefficient (Wildman–Crippen LogP) is 5.70. The van der Waals surface area contributed by atoms with Crippen molar-refractivity contribution in [3.8, 4) is 0 Å². The third-order valence-electron chi connectivity index (χ3n) is 5.80. The van der Waals surface area contributed by atoms with E-state index in [1.54, 1.807) is 13.0 Å². The number of aryl methyl sites for hydroxylation is 1. The number of aromatic nitrogens is 1. The van der Waals surface area contributed by atoms with Crippen LogP contribution >= 0.6 is 11.6 Å². The molecule has 0 saturated heterocycles. The van der Waals surface area contributed by atoms with Crippen molar-refractivity contribution >= 4 is 54.6 Å². The van der Waals surface area contributed by atoms with Crippen LogP contribution in [0, 0.1) is 6.92 Å². The van der Waals surface area contributed by atoms with Gasteiger partial charge >= 0.3 is 6.18 Å². The molecule has 3 aromatic carbocycles. The summed E-state index contributed by atoms with van der Waals surface area (Å²) in [6.45, 7) is 0.819. The molecule has 0 aliphatic heterocycles. The van der Waals surface area contributed by atoms with Gasteiger partial charge < -0.3 is 5.32 Å². The Bertz CT molecular complexity index is 1800. The van der Waals surface area contributed by atoms with Gasteiger partial charge in [-0.1, -0.05) is 29.3 Å². The lowest BCUT2D eigenvalue weighted by atomic mass is 10.2. The molecule has 2 N–H and O–H groups in total. The van der Waals surface area contributed by atoms with Crippen LogP contribution < -0.4 is 14.3 Å². The summed E-state index contributed by atoms with van der Waals surface area (Å²) < 4.78 is 95.9. The standard InChI is InChI=1S/C27H22ClF3N4O5S2/c1-18-4-9-23(10-5-18)42(39,40)35(21-8-13-25(28)24(15-21)27(29,30)31)17-26(36)33-19-6-11-22(12-7-19)41(37,38)34-20-3-2-14-32-16-20/h2-16,34H,17H2,1H3,(H,33,36). The number of hydrogen-bond donors (Lipinski definition) is 2. The first-order valence-electron chi connectivity index (χ1n) is 12.0. The van der Waals surface area contributed by atoms with Crippen molar-refractivity contribution in [3.05, 3.63) is 107 Å². The molecule has 0 spiro atoms. The van der Waals surface area contributed by atoms with E-state index in [1.165, 1.54) is 67.0 Å². The van der Waals surface area contributed by atoms with E-state index in [0.717, 1.165) is 17.7 Å². The van der Waals surface area contributed by atoms with Gasteiger partial charge in [0.15, 0.2) is 0 Å². The van der Waals surface area contributed by atoms with E-state index >= 15 is 0 Å². The number of amides is 1. The zero-order chi connectivity index (χ0) is 30.7. The Morgan fingerprint density at radius 3 is 2.14 bits per heavy atom. The molecule has 4 rings (SSSR count). The second-order valence-electron chi connectivity index (χ2n) is 8.91. The Morgan fingerprint density at radius 2 is 1.55 bits per heavy atom. The van der Waals surface area contributed by atoms with Gasteiger partial charge in [-0.25, -0.2) is 16.8 Å². The molecule has 0 bridgehead atoms. The Hall–Kier alpha value is -4.14. The second kappa shape index (κ2) is 12.0. The molecule has 220 valence electrons. The maximum absolute atomic E-state index is 13.6. The van der Waals surface area contributed by atoms with Crippen LogP contribution in [-0.2, 0) is 31.0 Å². The topological polar surface area (TPSA) is 126 Å². The fourth-order valence-electron chi connectivity index (χ4n) is 3.72. The first-order chi connectivity index (χ1) is 19.7. The molecule has 0 radical (unpaired) electrons. The number of hydrogen-bond acceptors (Lipinski definition) is 6. The van der Waals surface area contributed by atoms with E-state index in [2.05, 4.69) is 15.0 Å². The number of halogens is 4. The minimum Gasteiger partial charge on any atom is -0.325 e. The number of nitrogens with one attached hydrogen (secondary N) is 2. The highest BCUT2D eigenvalue weighted by molar-refractivity contribution is 7.93. The smallest absolute Gasteiger partial charge is 0.325 e. The normalized spacial score (nSPS) is 12.0. The molecular formula is C27H22ClF3N4O5S2. The Morgan fingerprint density at radius 1 is 0.905 bits per heavy atom. The quantitative estimate of drug-likeness (QED) is 0.242. The van der Waals surface area contributed by atoms with Crippen molar-refractivity contribution in [2.45, 2.75) is 22.9 Å². The van der Waals surface area contributed by atoms with Crippen molar-refractivity contribution in [2.75, 3.05) is 20.9 Å². The third-order valence-corrected chi connectivity index (χ3v) is 9.32. The number of anilines is 3. The molecule has 1 amide bonds. The molecular weight excluding hydrogens is 617 g/mol. The van der Waals surface area contributed by atoms with E-state index in [4.69, 9.17) is 11.6 Å². The minimum absolute atomic E-state index is 0.111. The lowest BCUT2D eigenvalue weighted by Crippen LogP contribution is -2.38. The number of rotatable bonds is 9.